The third kappa shape index (κ3) is 4.11. The molecule has 1 N–H and O–H groups in total. The molecule has 154 valence electrons. The van der Waals surface area contributed by atoms with Crippen LogP contribution < -0.4 is 10.3 Å². The Labute approximate surface area is 178 Å². The van der Waals surface area contributed by atoms with E-state index in [0.717, 1.165) is 35.4 Å². The van der Waals surface area contributed by atoms with E-state index in [1.807, 2.05) is 24.3 Å². The molecule has 1 aliphatic heterocycles. The number of unbranched alkanes of at least 4 members (excludes halogenated alkanes) is 2. The van der Waals surface area contributed by atoms with Crippen LogP contribution in [0.1, 0.15) is 39.5 Å². The van der Waals surface area contributed by atoms with Gasteiger partial charge in [-0.1, -0.05) is 57.0 Å². The Balaban J connectivity index is 1.91. The Morgan fingerprint density at radius 1 is 0.833 bits per heavy atom. The van der Waals surface area contributed by atoms with Crippen molar-refractivity contribution < 1.29 is 4.42 Å². The molecule has 2 aliphatic rings. The van der Waals surface area contributed by atoms with Gasteiger partial charge in [-0.2, -0.15) is 0 Å². The third-order valence-corrected chi connectivity index (χ3v) is 5.70. The fourth-order valence-electron chi connectivity index (χ4n) is 4.06. The quantitative estimate of drug-likeness (QED) is 0.322. The number of benzene rings is 3. The van der Waals surface area contributed by atoms with Gasteiger partial charge in [-0.25, -0.2) is 0 Å². The van der Waals surface area contributed by atoms with Crippen molar-refractivity contribution in [3.63, 3.8) is 0 Å². The summed E-state index contributed by atoms with van der Waals surface area (Å²) in [6.45, 7) is 6.62. The number of nitrogens with one attached hydrogen (secondary N) is 1. The first kappa shape index (κ1) is 20.2. The van der Waals surface area contributed by atoms with E-state index in [0.29, 0.717) is 5.36 Å². The summed E-state index contributed by atoms with van der Waals surface area (Å²) in [5.41, 5.74) is 5.48. The summed E-state index contributed by atoms with van der Waals surface area (Å²) >= 11 is 0. The van der Waals surface area contributed by atoms with E-state index < -0.39 is 0 Å². The molecule has 3 heteroatoms. The van der Waals surface area contributed by atoms with E-state index in [1.165, 1.54) is 42.5 Å². The predicted octanol–water partition coefficient (Wildman–Crippen LogP) is 7.09. The van der Waals surface area contributed by atoms with Gasteiger partial charge in [-0.05, 0) is 42.7 Å². The molecule has 0 unspecified atom stereocenters. The molecule has 0 atom stereocenters. The van der Waals surface area contributed by atoms with Crippen LogP contribution in [-0.2, 0) is 0 Å². The highest BCUT2D eigenvalue weighted by Gasteiger charge is 2.18. The Hall–Kier alpha value is -3.07. The Morgan fingerprint density at radius 3 is 2.27 bits per heavy atom. The van der Waals surface area contributed by atoms with E-state index in [1.54, 1.807) is 0 Å². The van der Waals surface area contributed by atoms with Gasteiger partial charge in [0.15, 0.2) is 0 Å². The molecule has 0 fully saturated rings. The zero-order chi connectivity index (χ0) is 20.9. The summed E-state index contributed by atoms with van der Waals surface area (Å²) in [5.74, 6) is 0.764. The highest BCUT2D eigenvalue weighted by molar-refractivity contribution is 6.02. The molecule has 30 heavy (non-hydrogen) atoms. The molecule has 1 heterocycles. The first-order valence-corrected chi connectivity index (χ1v) is 11.1. The standard InChI is InChI=1S/C27H30N2O/c1-3-5-16-29(17-6-4-2)22-13-15-24-26(19-22)30-25-18-21(28)12-14-23(25)27(24)20-10-8-7-9-11-20/h7-15,18-19,28H,3-6,16-17H2,1-2H3. The lowest BCUT2D eigenvalue weighted by molar-refractivity contribution is 0.618. The second-order valence-electron chi connectivity index (χ2n) is 7.93. The number of nitrogens with zero attached hydrogens (tertiary/aromatic N) is 1. The molecule has 1 aliphatic carbocycles. The van der Waals surface area contributed by atoms with Crippen molar-refractivity contribution >= 4 is 16.7 Å². The minimum Gasteiger partial charge on any atom is -0.456 e. The van der Waals surface area contributed by atoms with Gasteiger partial charge in [-0.15, -0.1) is 0 Å². The largest absolute Gasteiger partial charge is 0.456 e. The molecule has 0 radical (unpaired) electrons. The molecule has 4 rings (SSSR count). The molecule has 3 nitrogen and oxygen atoms in total. The normalized spacial score (nSPS) is 11.3. The first-order valence-electron chi connectivity index (χ1n) is 11.1. The summed E-state index contributed by atoms with van der Waals surface area (Å²) in [7, 11) is 0. The molecular formula is C27H30N2O. The van der Waals surface area contributed by atoms with Crippen molar-refractivity contribution in [2.24, 2.45) is 0 Å². The van der Waals surface area contributed by atoms with E-state index in [2.05, 4.69) is 61.2 Å². The number of rotatable bonds is 8. The maximum Gasteiger partial charge on any atom is 0.137 e. The van der Waals surface area contributed by atoms with Crippen LogP contribution in [0.3, 0.4) is 0 Å². The fourth-order valence-corrected chi connectivity index (χ4v) is 4.06. The lowest BCUT2D eigenvalue weighted by Gasteiger charge is -2.25. The Morgan fingerprint density at radius 2 is 1.57 bits per heavy atom. The second-order valence-corrected chi connectivity index (χ2v) is 7.93. The van der Waals surface area contributed by atoms with Crippen LogP contribution in [0.4, 0.5) is 5.69 Å². The van der Waals surface area contributed by atoms with Crippen LogP contribution in [-0.4, -0.2) is 13.1 Å². The lowest BCUT2D eigenvalue weighted by atomic mass is 9.93. The van der Waals surface area contributed by atoms with Gasteiger partial charge in [0, 0.05) is 47.4 Å². The average molecular weight is 399 g/mol. The summed E-state index contributed by atoms with van der Waals surface area (Å²) in [6.07, 6.45) is 4.76. The third-order valence-electron chi connectivity index (χ3n) is 5.70. The van der Waals surface area contributed by atoms with Crippen LogP contribution in [0.2, 0.25) is 0 Å². The zero-order valence-electron chi connectivity index (χ0n) is 17.9. The first-order chi connectivity index (χ1) is 14.7. The van der Waals surface area contributed by atoms with Crippen LogP contribution >= 0.6 is 0 Å². The van der Waals surface area contributed by atoms with Gasteiger partial charge in [0.05, 0.1) is 5.36 Å². The van der Waals surface area contributed by atoms with E-state index in [-0.39, 0.29) is 0 Å². The van der Waals surface area contributed by atoms with Gasteiger partial charge >= 0.3 is 0 Å². The number of hydrogen-bond donors (Lipinski definition) is 1. The summed E-state index contributed by atoms with van der Waals surface area (Å²) in [5, 5.41) is 9.63. The monoisotopic (exact) mass is 398 g/mol. The smallest absolute Gasteiger partial charge is 0.137 e. The van der Waals surface area contributed by atoms with Crippen molar-refractivity contribution in [1.29, 1.82) is 5.41 Å². The minimum atomic E-state index is 0.466. The summed E-state index contributed by atoms with van der Waals surface area (Å²) in [4.78, 5) is 2.48. The van der Waals surface area contributed by atoms with Crippen LogP contribution in [0.5, 0.6) is 0 Å². The molecule has 2 aromatic carbocycles. The lowest BCUT2D eigenvalue weighted by Crippen LogP contribution is -2.25. The zero-order valence-corrected chi connectivity index (χ0v) is 17.9. The van der Waals surface area contributed by atoms with Gasteiger partial charge in [0.25, 0.3) is 0 Å². The van der Waals surface area contributed by atoms with Gasteiger partial charge in [-0.3, -0.25) is 0 Å². The molecule has 0 amide bonds. The van der Waals surface area contributed by atoms with Crippen molar-refractivity contribution in [2.75, 3.05) is 18.0 Å². The molecule has 0 bridgehead atoms. The van der Waals surface area contributed by atoms with Gasteiger partial charge in [0.1, 0.15) is 11.3 Å². The van der Waals surface area contributed by atoms with Crippen LogP contribution in [0.15, 0.2) is 71.1 Å². The second kappa shape index (κ2) is 9.17. The minimum absolute atomic E-state index is 0.466. The number of hydrogen-bond acceptors (Lipinski definition) is 3. The van der Waals surface area contributed by atoms with Crippen molar-refractivity contribution in [3.8, 4) is 22.5 Å². The maximum atomic E-state index is 8.05. The summed E-state index contributed by atoms with van der Waals surface area (Å²) < 4.78 is 6.34. The van der Waals surface area contributed by atoms with Crippen molar-refractivity contribution in [3.05, 3.63) is 72.1 Å². The van der Waals surface area contributed by atoms with Crippen molar-refractivity contribution in [1.82, 2.24) is 0 Å². The topological polar surface area (TPSA) is 40.2 Å². The Bertz CT molecular complexity index is 1140. The molecule has 2 aromatic rings. The average Bonchev–Trinajstić information content (AvgIpc) is 2.77. The van der Waals surface area contributed by atoms with Crippen molar-refractivity contribution in [2.45, 2.75) is 39.5 Å². The maximum absolute atomic E-state index is 8.05. The fraction of sp³-hybridized carbons (Fsp3) is 0.296. The number of fused-ring (bicyclic) bond motifs is 2. The highest BCUT2D eigenvalue weighted by Crippen LogP contribution is 2.40. The molecule has 0 saturated carbocycles. The Kier molecular flexibility index (Phi) is 6.18. The molecular weight excluding hydrogens is 368 g/mol. The number of anilines is 1. The predicted molar refractivity (Wildman–Crippen MR) is 126 cm³/mol. The van der Waals surface area contributed by atoms with Gasteiger partial charge < -0.3 is 14.7 Å². The van der Waals surface area contributed by atoms with E-state index in [9.17, 15) is 0 Å². The molecule has 0 aromatic heterocycles. The van der Waals surface area contributed by atoms with Gasteiger partial charge in [0.2, 0.25) is 0 Å². The van der Waals surface area contributed by atoms with E-state index >= 15 is 0 Å². The highest BCUT2D eigenvalue weighted by atomic mass is 16.3. The van der Waals surface area contributed by atoms with Crippen LogP contribution in [0.25, 0.3) is 33.4 Å². The SMILES string of the molecule is CCCCN(CCCC)c1ccc2c(-c3ccccc3)c3ccc(=N)cc-3oc2c1. The summed E-state index contributed by atoms with van der Waals surface area (Å²) in [6, 6.07) is 22.8. The molecule has 0 spiro atoms. The van der Waals surface area contributed by atoms with E-state index in [4.69, 9.17) is 9.83 Å². The molecule has 0 saturated heterocycles. The van der Waals surface area contributed by atoms with Crippen LogP contribution in [0, 0.1) is 5.41 Å².